The SMILES string of the molecule is CCn1ccc(C(=O)NCc2ccc(Cl)cc2)n1. The second-order valence-corrected chi connectivity index (χ2v) is 4.30. The number of amides is 1. The predicted octanol–water partition coefficient (Wildman–Crippen LogP) is 2.49. The van der Waals surface area contributed by atoms with Crippen molar-refractivity contribution in [3.8, 4) is 0 Å². The molecule has 0 unspecified atom stereocenters. The van der Waals surface area contributed by atoms with Gasteiger partial charge in [0, 0.05) is 24.3 Å². The number of carbonyl (C=O) groups excluding carboxylic acids is 1. The fourth-order valence-electron chi connectivity index (χ4n) is 1.53. The van der Waals surface area contributed by atoms with Gasteiger partial charge in [-0.2, -0.15) is 5.10 Å². The summed E-state index contributed by atoms with van der Waals surface area (Å²) in [6.45, 7) is 3.20. The zero-order valence-corrected chi connectivity index (χ0v) is 10.8. The number of hydrogen-bond donors (Lipinski definition) is 1. The minimum Gasteiger partial charge on any atom is -0.347 e. The third kappa shape index (κ3) is 3.11. The summed E-state index contributed by atoms with van der Waals surface area (Å²) in [6.07, 6.45) is 1.79. The lowest BCUT2D eigenvalue weighted by molar-refractivity contribution is 0.0945. The summed E-state index contributed by atoms with van der Waals surface area (Å²) in [5.41, 5.74) is 1.44. The van der Waals surface area contributed by atoms with Crippen LogP contribution < -0.4 is 5.32 Å². The number of benzene rings is 1. The molecule has 4 nitrogen and oxygen atoms in total. The van der Waals surface area contributed by atoms with Crippen LogP contribution in [0.15, 0.2) is 36.5 Å². The van der Waals surface area contributed by atoms with Crippen LogP contribution in [0.1, 0.15) is 23.0 Å². The average Bonchev–Trinajstić information content (AvgIpc) is 2.86. The molecule has 18 heavy (non-hydrogen) atoms. The summed E-state index contributed by atoms with van der Waals surface area (Å²) in [4.78, 5) is 11.8. The van der Waals surface area contributed by atoms with Crippen molar-refractivity contribution in [2.45, 2.75) is 20.0 Å². The topological polar surface area (TPSA) is 46.9 Å². The van der Waals surface area contributed by atoms with Crippen molar-refractivity contribution in [1.29, 1.82) is 0 Å². The van der Waals surface area contributed by atoms with Crippen LogP contribution in [0.25, 0.3) is 0 Å². The minimum atomic E-state index is -0.169. The molecule has 1 amide bonds. The van der Waals surface area contributed by atoms with Crippen LogP contribution in [0.2, 0.25) is 5.02 Å². The van der Waals surface area contributed by atoms with Crippen molar-refractivity contribution >= 4 is 17.5 Å². The van der Waals surface area contributed by atoms with Gasteiger partial charge in [0.15, 0.2) is 0 Å². The van der Waals surface area contributed by atoms with Gasteiger partial charge in [0.05, 0.1) is 0 Å². The van der Waals surface area contributed by atoms with Crippen LogP contribution in [-0.2, 0) is 13.1 Å². The lowest BCUT2D eigenvalue weighted by Crippen LogP contribution is -2.23. The van der Waals surface area contributed by atoms with Gasteiger partial charge in [-0.15, -0.1) is 0 Å². The van der Waals surface area contributed by atoms with Crippen molar-refractivity contribution < 1.29 is 4.79 Å². The molecule has 0 aliphatic carbocycles. The molecule has 0 radical (unpaired) electrons. The highest BCUT2D eigenvalue weighted by atomic mass is 35.5. The second-order valence-electron chi connectivity index (χ2n) is 3.87. The first-order valence-electron chi connectivity index (χ1n) is 5.75. The van der Waals surface area contributed by atoms with Gasteiger partial charge in [0.1, 0.15) is 5.69 Å². The maximum absolute atomic E-state index is 11.8. The van der Waals surface area contributed by atoms with Crippen molar-refractivity contribution in [3.05, 3.63) is 52.8 Å². The molecule has 0 fully saturated rings. The van der Waals surface area contributed by atoms with E-state index in [-0.39, 0.29) is 5.91 Å². The Labute approximate surface area is 111 Å². The van der Waals surface area contributed by atoms with E-state index in [0.717, 1.165) is 12.1 Å². The van der Waals surface area contributed by atoms with Crippen LogP contribution in [0.3, 0.4) is 0 Å². The van der Waals surface area contributed by atoms with E-state index in [1.807, 2.05) is 19.1 Å². The Balaban J connectivity index is 1.93. The summed E-state index contributed by atoms with van der Waals surface area (Å²) < 4.78 is 1.72. The number of carbonyl (C=O) groups is 1. The molecule has 2 rings (SSSR count). The highest BCUT2D eigenvalue weighted by Gasteiger charge is 2.08. The van der Waals surface area contributed by atoms with Gasteiger partial charge >= 0.3 is 0 Å². The molecule has 94 valence electrons. The maximum atomic E-state index is 11.8. The maximum Gasteiger partial charge on any atom is 0.272 e. The summed E-state index contributed by atoms with van der Waals surface area (Å²) in [6, 6.07) is 9.07. The number of aryl methyl sites for hydroxylation is 1. The Morgan fingerprint density at radius 1 is 1.33 bits per heavy atom. The van der Waals surface area contributed by atoms with E-state index in [4.69, 9.17) is 11.6 Å². The van der Waals surface area contributed by atoms with Crippen molar-refractivity contribution in [1.82, 2.24) is 15.1 Å². The zero-order chi connectivity index (χ0) is 13.0. The summed E-state index contributed by atoms with van der Waals surface area (Å²) in [5, 5.41) is 7.64. The van der Waals surface area contributed by atoms with E-state index >= 15 is 0 Å². The number of aromatic nitrogens is 2. The van der Waals surface area contributed by atoms with Gasteiger partial charge in [-0.3, -0.25) is 9.48 Å². The summed E-state index contributed by atoms with van der Waals surface area (Å²) >= 11 is 5.79. The smallest absolute Gasteiger partial charge is 0.272 e. The Bertz CT molecular complexity index is 533. The van der Waals surface area contributed by atoms with E-state index < -0.39 is 0 Å². The highest BCUT2D eigenvalue weighted by Crippen LogP contribution is 2.09. The third-order valence-electron chi connectivity index (χ3n) is 2.56. The molecule has 0 aliphatic heterocycles. The highest BCUT2D eigenvalue weighted by molar-refractivity contribution is 6.30. The first-order chi connectivity index (χ1) is 8.69. The zero-order valence-electron chi connectivity index (χ0n) is 10.1. The molecule has 0 bridgehead atoms. The van der Waals surface area contributed by atoms with Gasteiger partial charge in [0.2, 0.25) is 0 Å². The second kappa shape index (κ2) is 5.69. The van der Waals surface area contributed by atoms with E-state index in [9.17, 15) is 4.79 Å². The normalized spacial score (nSPS) is 10.3. The third-order valence-corrected chi connectivity index (χ3v) is 2.82. The Kier molecular flexibility index (Phi) is 3.99. The minimum absolute atomic E-state index is 0.169. The van der Waals surface area contributed by atoms with Crippen molar-refractivity contribution in [2.75, 3.05) is 0 Å². The fraction of sp³-hybridized carbons (Fsp3) is 0.231. The molecule has 0 saturated carbocycles. The van der Waals surface area contributed by atoms with Crippen molar-refractivity contribution in [3.63, 3.8) is 0 Å². The molecule has 1 heterocycles. The van der Waals surface area contributed by atoms with Gasteiger partial charge in [0.25, 0.3) is 5.91 Å². The van der Waals surface area contributed by atoms with E-state index in [0.29, 0.717) is 17.3 Å². The van der Waals surface area contributed by atoms with E-state index in [1.165, 1.54) is 0 Å². The lowest BCUT2D eigenvalue weighted by Gasteiger charge is -2.03. The number of hydrogen-bond acceptors (Lipinski definition) is 2. The van der Waals surface area contributed by atoms with Gasteiger partial charge < -0.3 is 5.32 Å². The van der Waals surface area contributed by atoms with Crippen LogP contribution in [0.5, 0.6) is 0 Å². The molecule has 0 spiro atoms. The van der Waals surface area contributed by atoms with Crippen LogP contribution in [0.4, 0.5) is 0 Å². The molecule has 1 aromatic heterocycles. The summed E-state index contributed by atoms with van der Waals surface area (Å²) in [7, 11) is 0. The molecule has 1 aromatic carbocycles. The number of halogens is 1. The largest absolute Gasteiger partial charge is 0.347 e. The Morgan fingerprint density at radius 2 is 2.06 bits per heavy atom. The Morgan fingerprint density at radius 3 is 2.67 bits per heavy atom. The fourth-order valence-corrected chi connectivity index (χ4v) is 1.66. The molecular formula is C13H14ClN3O. The van der Waals surface area contributed by atoms with Gasteiger partial charge in [-0.1, -0.05) is 23.7 Å². The van der Waals surface area contributed by atoms with Gasteiger partial charge in [-0.05, 0) is 30.7 Å². The lowest BCUT2D eigenvalue weighted by atomic mass is 10.2. The Hall–Kier alpha value is -1.81. The number of rotatable bonds is 4. The summed E-state index contributed by atoms with van der Waals surface area (Å²) in [5.74, 6) is -0.169. The molecule has 0 atom stereocenters. The number of nitrogens with zero attached hydrogens (tertiary/aromatic N) is 2. The average molecular weight is 264 g/mol. The van der Waals surface area contributed by atoms with Crippen LogP contribution in [0, 0.1) is 0 Å². The van der Waals surface area contributed by atoms with E-state index in [2.05, 4.69) is 10.4 Å². The molecule has 0 saturated heterocycles. The quantitative estimate of drug-likeness (QED) is 0.921. The standard InChI is InChI=1S/C13H14ClN3O/c1-2-17-8-7-12(16-17)13(18)15-9-10-3-5-11(14)6-4-10/h3-8H,2,9H2,1H3,(H,15,18). The molecule has 0 aliphatic rings. The molecule has 2 aromatic rings. The molecular weight excluding hydrogens is 250 g/mol. The number of nitrogens with one attached hydrogen (secondary N) is 1. The monoisotopic (exact) mass is 263 g/mol. The first-order valence-corrected chi connectivity index (χ1v) is 6.13. The van der Waals surface area contributed by atoms with E-state index in [1.54, 1.807) is 29.1 Å². The first kappa shape index (κ1) is 12.6. The van der Waals surface area contributed by atoms with Gasteiger partial charge in [-0.25, -0.2) is 0 Å². The van der Waals surface area contributed by atoms with Crippen molar-refractivity contribution in [2.24, 2.45) is 0 Å². The predicted molar refractivity (Wildman–Crippen MR) is 70.5 cm³/mol. The van der Waals surface area contributed by atoms with Crippen LogP contribution >= 0.6 is 11.6 Å². The molecule has 5 heteroatoms. The van der Waals surface area contributed by atoms with Crippen LogP contribution in [-0.4, -0.2) is 15.7 Å². The molecule has 1 N–H and O–H groups in total.